The van der Waals surface area contributed by atoms with Crippen LogP contribution in [0.1, 0.15) is 44.2 Å². The molecule has 1 aliphatic heterocycles. The lowest BCUT2D eigenvalue weighted by Crippen LogP contribution is -2.36. The van der Waals surface area contributed by atoms with Crippen molar-refractivity contribution in [3.05, 3.63) is 24.2 Å². The van der Waals surface area contributed by atoms with Gasteiger partial charge >= 0.3 is 0 Å². The van der Waals surface area contributed by atoms with E-state index in [-0.39, 0.29) is 24.8 Å². The number of amides is 1. The number of nitrogens with one attached hydrogen (secondary N) is 2. The summed E-state index contributed by atoms with van der Waals surface area (Å²) in [6.07, 6.45) is 13.9. The van der Waals surface area contributed by atoms with Crippen LogP contribution < -0.4 is 10.8 Å². The molecule has 0 unspecified atom stereocenters. The van der Waals surface area contributed by atoms with Gasteiger partial charge in [0.2, 0.25) is 0 Å². The van der Waals surface area contributed by atoms with Gasteiger partial charge in [0, 0.05) is 31.2 Å². The largest absolute Gasteiger partial charge is 0.365 e. The maximum Gasteiger partial charge on any atom is 0.267 e. The van der Waals surface area contributed by atoms with Gasteiger partial charge in [-0.25, -0.2) is 10.5 Å². The molecule has 2 aliphatic rings. The summed E-state index contributed by atoms with van der Waals surface area (Å²) < 4.78 is 0. The molecule has 1 saturated heterocycles. The van der Waals surface area contributed by atoms with Crippen LogP contribution in [-0.4, -0.2) is 51.2 Å². The first-order valence-corrected chi connectivity index (χ1v) is 8.69. The molecular weight excluding hydrogens is 377 g/mol. The molecule has 2 heterocycles. The molecule has 1 aromatic heterocycles. The fourth-order valence-corrected chi connectivity index (χ4v) is 3.59. The molecule has 9 heteroatoms. The Morgan fingerprint density at radius 3 is 2.58 bits per heavy atom. The Bertz CT molecular complexity index is 579. The van der Waals surface area contributed by atoms with Crippen LogP contribution in [0.3, 0.4) is 0 Å². The third-order valence-electron chi connectivity index (χ3n) is 4.85. The monoisotopic (exact) mass is 403 g/mol. The first kappa shape index (κ1) is 22.6. The molecular formula is C17H27Cl2N5O2. The molecule has 0 spiro atoms. The summed E-state index contributed by atoms with van der Waals surface area (Å²) in [6, 6.07) is 1.18. The summed E-state index contributed by atoms with van der Waals surface area (Å²) in [5.41, 5.74) is 2.10. The average molecular weight is 404 g/mol. The molecule has 3 rings (SSSR count). The molecule has 146 valence electrons. The van der Waals surface area contributed by atoms with Gasteiger partial charge in [0.15, 0.2) is 0 Å². The lowest BCUT2D eigenvalue weighted by molar-refractivity contribution is -0.124. The topological polar surface area (TPSA) is 90.4 Å². The number of carbonyl (C=O) groups is 1. The Balaban J connectivity index is 0.00000169. The molecule has 1 aromatic rings. The molecule has 0 bridgehead atoms. The van der Waals surface area contributed by atoms with E-state index in [1.807, 2.05) is 0 Å². The summed E-state index contributed by atoms with van der Waals surface area (Å²) in [4.78, 5) is 22.1. The van der Waals surface area contributed by atoms with Gasteiger partial charge in [-0.15, -0.1) is 24.8 Å². The maximum absolute atomic E-state index is 10.9. The predicted octanol–water partition coefficient (Wildman–Crippen LogP) is 2.66. The summed E-state index contributed by atoms with van der Waals surface area (Å²) in [5.74, 6) is 0.169. The highest BCUT2D eigenvalue weighted by atomic mass is 35.5. The number of likely N-dealkylation sites (tertiary alicyclic amines) is 1. The number of nitrogens with zero attached hydrogens (tertiary/aromatic N) is 3. The zero-order valence-electron chi connectivity index (χ0n) is 14.6. The van der Waals surface area contributed by atoms with E-state index in [0.717, 1.165) is 31.4 Å². The first-order valence-electron chi connectivity index (χ1n) is 8.69. The van der Waals surface area contributed by atoms with E-state index in [1.165, 1.54) is 49.7 Å². The van der Waals surface area contributed by atoms with Crippen molar-refractivity contribution in [2.45, 2.75) is 50.6 Å². The second-order valence-corrected chi connectivity index (χ2v) is 6.55. The number of hydrogen-bond acceptors (Lipinski definition) is 6. The van der Waals surface area contributed by atoms with E-state index in [9.17, 15) is 4.79 Å². The minimum absolute atomic E-state index is 0. The van der Waals surface area contributed by atoms with E-state index in [4.69, 9.17) is 5.21 Å². The lowest BCUT2D eigenvalue weighted by atomic mass is 9.94. The van der Waals surface area contributed by atoms with Crippen LogP contribution in [0.2, 0.25) is 0 Å². The zero-order valence-corrected chi connectivity index (χ0v) is 16.3. The molecule has 1 saturated carbocycles. The number of halogens is 2. The highest BCUT2D eigenvalue weighted by Gasteiger charge is 2.29. The van der Waals surface area contributed by atoms with Crippen molar-refractivity contribution in [2.24, 2.45) is 0 Å². The first-order chi connectivity index (χ1) is 11.7. The third kappa shape index (κ3) is 6.39. The Morgan fingerprint density at radius 2 is 1.92 bits per heavy atom. The minimum Gasteiger partial charge on any atom is -0.365 e. The van der Waals surface area contributed by atoms with Crippen molar-refractivity contribution in [1.82, 2.24) is 20.3 Å². The molecule has 1 amide bonds. The van der Waals surface area contributed by atoms with E-state index in [2.05, 4.69) is 20.2 Å². The lowest BCUT2D eigenvalue weighted by Gasteiger charge is -2.31. The van der Waals surface area contributed by atoms with Crippen molar-refractivity contribution in [1.29, 1.82) is 0 Å². The number of hydrogen-bond donors (Lipinski definition) is 3. The molecule has 26 heavy (non-hydrogen) atoms. The maximum atomic E-state index is 10.9. The van der Waals surface area contributed by atoms with Gasteiger partial charge in [-0.3, -0.25) is 19.9 Å². The van der Waals surface area contributed by atoms with Gasteiger partial charge < -0.3 is 5.32 Å². The van der Waals surface area contributed by atoms with Crippen LogP contribution in [0.5, 0.6) is 0 Å². The fourth-order valence-electron chi connectivity index (χ4n) is 3.59. The van der Waals surface area contributed by atoms with Gasteiger partial charge in [0.05, 0.1) is 18.1 Å². The minimum atomic E-state index is -0.590. The van der Waals surface area contributed by atoms with Gasteiger partial charge in [-0.1, -0.05) is 19.3 Å². The Labute approximate surface area is 166 Å². The van der Waals surface area contributed by atoms with E-state index < -0.39 is 5.91 Å². The normalized spacial score (nSPS) is 21.0. The summed E-state index contributed by atoms with van der Waals surface area (Å²) in [7, 11) is 0. The third-order valence-corrected chi connectivity index (χ3v) is 4.85. The Kier molecular flexibility index (Phi) is 9.87. The van der Waals surface area contributed by atoms with Crippen molar-refractivity contribution in [2.75, 3.05) is 18.4 Å². The van der Waals surface area contributed by atoms with Crippen molar-refractivity contribution in [3.8, 4) is 0 Å². The second kappa shape index (κ2) is 11.3. The quantitative estimate of drug-likeness (QED) is 0.397. The molecule has 2 fully saturated rings. The number of anilines is 1. The number of aromatic nitrogens is 2. The van der Waals surface area contributed by atoms with Crippen LogP contribution in [0, 0.1) is 0 Å². The van der Waals surface area contributed by atoms with Gasteiger partial charge in [0.1, 0.15) is 5.82 Å². The molecule has 1 aliphatic carbocycles. The van der Waals surface area contributed by atoms with Crippen LogP contribution in [0.15, 0.2) is 18.5 Å². The average Bonchev–Trinajstić information content (AvgIpc) is 3.10. The van der Waals surface area contributed by atoms with E-state index >= 15 is 0 Å². The Hall–Kier alpha value is -1.41. The van der Waals surface area contributed by atoms with Crippen molar-refractivity contribution < 1.29 is 10.0 Å². The highest BCUT2D eigenvalue weighted by molar-refractivity contribution is 5.90. The van der Waals surface area contributed by atoms with Crippen LogP contribution in [-0.2, 0) is 4.79 Å². The predicted molar refractivity (Wildman–Crippen MR) is 106 cm³/mol. The summed E-state index contributed by atoms with van der Waals surface area (Å²) in [6.45, 7) is 2.23. The smallest absolute Gasteiger partial charge is 0.267 e. The van der Waals surface area contributed by atoms with Crippen molar-refractivity contribution in [3.63, 3.8) is 0 Å². The number of rotatable bonds is 5. The number of carbonyl (C=O) groups excluding carboxylic acids is 1. The molecule has 7 nitrogen and oxygen atoms in total. The van der Waals surface area contributed by atoms with E-state index in [0.29, 0.717) is 11.7 Å². The standard InChI is InChI=1S/C17H25N5O2.2ClH/c23-17(21-24)7-6-13-10-19-16(11-18-13)20-14-8-9-22(12-14)15-4-2-1-3-5-15;;/h6-7,10-11,14-15,24H,1-5,8-9,12H2,(H,19,20)(H,21,23);2*1H/t14-;;/m1../s1. The highest BCUT2D eigenvalue weighted by Crippen LogP contribution is 2.26. The number of hydroxylamine groups is 1. The van der Waals surface area contributed by atoms with Crippen molar-refractivity contribution >= 4 is 42.6 Å². The SMILES string of the molecule is Cl.Cl.O=C(C=Cc1cnc(N[C@@H]2CCN(C3CCCCC3)C2)cn1)NO. The van der Waals surface area contributed by atoms with Gasteiger partial charge in [0.25, 0.3) is 5.91 Å². The van der Waals surface area contributed by atoms with Gasteiger partial charge in [-0.2, -0.15) is 0 Å². The van der Waals surface area contributed by atoms with Crippen LogP contribution >= 0.6 is 24.8 Å². The second-order valence-electron chi connectivity index (χ2n) is 6.55. The van der Waals surface area contributed by atoms with E-state index in [1.54, 1.807) is 12.4 Å². The van der Waals surface area contributed by atoms with Crippen LogP contribution in [0.4, 0.5) is 5.82 Å². The summed E-state index contributed by atoms with van der Waals surface area (Å²) in [5, 5.41) is 11.9. The molecule has 3 N–H and O–H groups in total. The van der Waals surface area contributed by atoms with Gasteiger partial charge in [-0.05, 0) is 25.3 Å². The van der Waals surface area contributed by atoms with Crippen LogP contribution in [0.25, 0.3) is 6.08 Å². The zero-order chi connectivity index (χ0) is 16.8. The Morgan fingerprint density at radius 1 is 1.15 bits per heavy atom. The molecule has 0 radical (unpaired) electrons. The summed E-state index contributed by atoms with van der Waals surface area (Å²) >= 11 is 0. The molecule has 0 aromatic carbocycles. The molecule has 1 atom stereocenters. The fraction of sp³-hybridized carbons (Fsp3) is 0.588.